The third-order valence-electron chi connectivity index (χ3n) is 6.69. The molecule has 0 saturated heterocycles. The van der Waals surface area contributed by atoms with Gasteiger partial charge in [-0.15, -0.1) is 0 Å². The van der Waals surface area contributed by atoms with Crippen molar-refractivity contribution in [2.24, 2.45) is 29.1 Å². The fourth-order valence-corrected chi connectivity index (χ4v) is 5.47. The Morgan fingerprint density at radius 1 is 1.30 bits per heavy atom. The molecule has 0 radical (unpaired) electrons. The van der Waals surface area contributed by atoms with Gasteiger partial charge >= 0.3 is 5.92 Å². The lowest BCUT2D eigenvalue weighted by molar-refractivity contribution is -0.146. The van der Waals surface area contributed by atoms with Crippen LogP contribution in [0.3, 0.4) is 0 Å². The van der Waals surface area contributed by atoms with Crippen LogP contribution in [0.1, 0.15) is 32.6 Å². The molecule has 124 valence electrons. The van der Waals surface area contributed by atoms with Gasteiger partial charge in [-0.05, 0) is 54.7 Å². The topological polar surface area (TPSA) is 26.3 Å². The minimum atomic E-state index is -3.14. The van der Waals surface area contributed by atoms with Crippen molar-refractivity contribution < 1.29 is 18.3 Å². The van der Waals surface area contributed by atoms with Gasteiger partial charge in [0.2, 0.25) is 5.78 Å². The van der Waals surface area contributed by atoms with E-state index in [1.54, 1.807) is 14.0 Å². The molecule has 0 aliphatic heterocycles. The normalized spacial score (nSPS) is 43.9. The van der Waals surface area contributed by atoms with Crippen molar-refractivity contribution in [3.8, 4) is 0 Å². The SMILES string of the molecule is COC1=CC2=CC[C@@H]3[C@H](CC[C@]4(C)C(=O)C(F)(F)C[C@@H]34)[C@H]2C=C1. The Bertz CT molecular complexity index is 646. The lowest BCUT2D eigenvalue weighted by atomic mass is 9.54. The molecule has 4 aliphatic carbocycles. The van der Waals surface area contributed by atoms with Crippen LogP contribution in [-0.4, -0.2) is 18.8 Å². The molecule has 2 fully saturated rings. The molecule has 0 bridgehead atoms. The summed E-state index contributed by atoms with van der Waals surface area (Å²) in [6.45, 7) is 1.77. The minimum absolute atomic E-state index is 0.182. The van der Waals surface area contributed by atoms with Gasteiger partial charge in [0, 0.05) is 17.8 Å². The van der Waals surface area contributed by atoms with Crippen LogP contribution < -0.4 is 0 Å². The lowest BCUT2D eigenvalue weighted by Crippen LogP contribution is -2.45. The van der Waals surface area contributed by atoms with Crippen LogP contribution in [0.4, 0.5) is 8.78 Å². The fraction of sp³-hybridized carbons (Fsp3) is 0.632. The van der Waals surface area contributed by atoms with Gasteiger partial charge in [0.25, 0.3) is 0 Å². The summed E-state index contributed by atoms with van der Waals surface area (Å²) < 4.78 is 33.4. The molecule has 0 aromatic carbocycles. The molecule has 0 heterocycles. The smallest absolute Gasteiger partial charge is 0.306 e. The number of rotatable bonds is 1. The van der Waals surface area contributed by atoms with E-state index >= 15 is 0 Å². The van der Waals surface area contributed by atoms with E-state index in [4.69, 9.17) is 4.74 Å². The molecule has 0 aromatic heterocycles. The highest BCUT2D eigenvalue weighted by Gasteiger charge is 2.65. The Morgan fingerprint density at radius 2 is 2.09 bits per heavy atom. The number of alkyl halides is 2. The number of carbonyl (C=O) groups excluding carboxylic acids is 1. The van der Waals surface area contributed by atoms with Crippen molar-refractivity contribution in [2.75, 3.05) is 7.11 Å². The molecule has 2 nitrogen and oxygen atoms in total. The zero-order valence-corrected chi connectivity index (χ0v) is 13.5. The van der Waals surface area contributed by atoms with E-state index in [-0.39, 0.29) is 24.2 Å². The number of fused-ring (bicyclic) bond motifs is 5. The number of methoxy groups -OCH3 is 1. The summed E-state index contributed by atoms with van der Waals surface area (Å²) in [4.78, 5) is 12.2. The van der Waals surface area contributed by atoms with Gasteiger partial charge in [-0.25, -0.2) is 0 Å². The number of ketones is 1. The van der Waals surface area contributed by atoms with Crippen LogP contribution in [0.5, 0.6) is 0 Å². The standard InChI is InChI=1S/C19H22F2O2/c1-18-8-7-14-13-6-4-12(23-2)9-11(13)3-5-15(14)16(18)10-19(20,21)17(18)22/h3-4,6,9,13-16H,5,7-8,10H2,1-2H3/t13-,14+,15+,16-,18-/m0/s1. The van der Waals surface area contributed by atoms with Crippen LogP contribution in [0.25, 0.3) is 0 Å². The van der Waals surface area contributed by atoms with Gasteiger partial charge in [0.05, 0.1) is 7.11 Å². The average molecular weight is 320 g/mol. The Morgan fingerprint density at radius 3 is 2.83 bits per heavy atom. The second-order valence-electron chi connectivity index (χ2n) is 7.70. The summed E-state index contributed by atoms with van der Waals surface area (Å²) in [6.07, 6.45) is 10.3. The van der Waals surface area contributed by atoms with Gasteiger partial charge < -0.3 is 4.74 Å². The molecule has 0 amide bonds. The predicted octanol–water partition coefficient (Wildman–Crippen LogP) is 4.29. The Hall–Kier alpha value is -1.45. The van der Waals surface area contributed by atoms with Crippen LogP contribution in [0.15, 0.2) is 35.6 Å². The monoisotopic (exact) mass is 320 g/mol. The zero-order chi connectivity index (χ0) is 16.4. The molecule has 23 heavy (non-hydrogen) atoms. The summed E-state index contributed by atoms with van der Waals surface area (Å²) in [7, 11) is 1.65. The lowest BCUT2D eigenvalue weighted by Gasteiger charge is -2.49. The van der Waals surface area contributed by atoms with Crippen molar-refractivity contribution in [1.29, 1.82) is 0 Å². The highest BCUT2D eigenvalue weighted by molar-refractivity contribution is 5.93. The molecule has 4 rings (SSSR count). The third-order valence-corrected chi connectivity index (χ3v) is 6.69. The van der Waals surface area contributed by atoms with Crippen LogP contribution in [0.2, 0.25) is 0 Å². The number of hydrogen-bond acceptors (Lipinski definition) is 2. The van der Waals surface area contributed by atoms with Gasteiger partial charge in [-0.3, -0.25) is 4.79 Å². The van der Waals surface area contributed by atoms with Crippen molar-refractivity contribution >= 4 is 5.78 Å². The number of hydrogen-bond donors (Lipinski definition) is 0. The van der Waals surface area contributed by atoms with Crippen molar-refractivity contribution in [3.05, 3.63) is 35.6 Å². The zero-order valence-electron chi connectivity index (χ0n) is 13.5. The van der Waals surface area contributed by atoms with Gasteiger partial charge in [0.1, 0.15) is 5.76 Å². The summed E-state index contributed by atoms with van der Waals surface area (Å²) in [6, 6.07) is 0. The molecule has 0 unspecified atom stereocenters. The second-order valence-corrected chi connectivity index (χ2v) is 7.70. The maximum absolute atomic E-state index is 14.1. The summed E-state index contributed by atoms with van der Waals surface area (Å²) in [5, 5.41) is 0. The Kier molecular flexibility index (Phi) is 3.14. The molecule has 4 aliphatic rings. The number of carbonyl (C=O) groups is 1. The first-order chi connectivity index (χ1) is 10.9. The number of halogens is 2. The molecule has 0 N–H and O–H groups in total. The predicted molar refractivity (Wildman–Crippen MR) is 82.8 cm³/mol. The largest absolute Gasteiger partial charge is 0.497 e. The molecular weight excluding hydrogens is 298 g/mol. The van der Waals surface area contributed by atoms with E-state index in [0.29, 0.717) is 12.3 Å². The maximum atomic E-state index is 14.1. The van der Waals surface area contributed by atoms with E-state index in [9.17, 15) is 13.6 Å². The van der Waals surface area contributed by atoms with Crippen molar-refractivity contribution in [3.63, 3.8) is 0 Å². The Balaban J connectivity index is 1.68. The summed E-state index contributed by atoms with van der Waals surface area (Å²) in [5.41, 5.74) is 0.410. The molecule has 4 heteroatoms. The maximum Gasteiger partial charge on any atom is 0.306 e. The van der Waals surface area contributed by atoms with E-state index in [1.165, 1.54) is 5.57 Å². The third kappa shape index (κ3) is 1.99. The van der Waals surface area contributed by atoms with Crippen LogP contribution in [-0.2, 0) is 9.53 Å². The van der Waals surface area contributed by atoms with Crippen molar-refractivity contribution in [2.45, 2.75) is 38.5 Å². The first kappa shape index (κ1) is 15.1. The highest BCUT2D eigenvalue weighted by Crippen LogP contribution is 2.62. The quantitative estimate of drug-likeness (QED) is 0.720. The van der Waals surface area contributed by atoms with Gasteiger partial charge in [-0.1, -0.05) is 19.1 Å². The number of Topliss-reactive ketones (excluding diaryl/α,β-unsaturated/α-hetero) is 1. The van der Waals surface area contributed by atoms with Gasteiger partial charge in [-0.2, -0.15) is 8.78 Å². The van der Waals surface area contributed by atoms with Crippen molar-refractivity contribution in [1.82, 2.24) is 0 Å². The van der Waals surface area contributed by atoms with E-state index in [0.717, 1.165) is 18.6 Å². The van der Waals surface area contributed by atoms with Crippen LogP contribution in [0, 0.1) is 29.1 Å². The first-order valence-electron chi connectivity index (χ1n) is 8.43. The fourth-order valence-electron chi connectivity index (χ4n) is 5.47. The molecule has 0 aromatic rings. The molecular formula is C19H22F2O2. The van der Waals surface area contributed by atoms with E-state index in [1.807, 2.05) is 6.08 Å². The molecule has 0 spiro atoms. The van der Waals surface area contributed by atoms with E-state index in [2.05, 4.69) is 18.2 Å². The first-order valence-corrected chi connectivity index (χ1v) is 8.43. The number of allylic oxidation sites excluding steroid dienone is 5. The van der Waals surface area contributed by atoms with Gasteiger partial charge in [0.15, 0.2) is 0 Å². The number of ether oxygens (including phenoxy) is 1. The van der Waals surface area contributed by atoms with Crippen LogP contribution >= 0.6 is 0 Å². The van der Waals surface area contributed by atoms with E-state index < -0.39 is 17.1 Å². The Labute approximate surface area is 135 Å². The highest BCUT2D eigenvalue weighted by atomic mass is 19.3. The minimum Gasteiger partial charge on any atom is -0.497 e. The second kappa shape index (κ2) is 4.78. The summed E-state index contributed by atoms with van der Waals surface area (Å²) in [5.74, 6) is -2.48. The molecule has 2 saturated carbocycles. The molecule has 5 atom stereocenters. The summed E-state index contributed by atoms with van der Waals surface area (Å²) >= 11 is 0. The average Bonchev–Trinajstić information content (AvgIpc) is 2.73.